The largest absolute Gasteiger partial charge is 0.433 e. The average Bonchev–Trinajstić information content (AvgIpc) is 2.01. The predicted octanol–water partition coefficient (Wildman–Crippen LogP) is 1.87. The molecule has 2 N–H and O–H groups in total. The molecule has 0 aliphatic heterocycles. The molecule has 0 radical (unpaired) electrons. The standard InChI is InChI=1S/C8H9F3N2/c1-5-2-6(3-12)7(13-4-5)8(9,10)11/h2,4H,3,12H2,1H3. The molecule has 1 aromatic heterocycles. The van der Waals surface area contributed by atoms with Crippen molar-refractivity contribution in [1.82, 2.24) is 4.98 Å². The SMILES string of the molecule is Cc1cnc(C(F)(F)F)c(CN)c1. The highest BCUT2D eigenvalue weighted by Crippen LogP contribution is 2.30. The Balaban J connectivity index is 3.22. The van der Waals surface area contributed by atoms with E-state index in [9.17, 15) is 13.2 Å². The van der Waals surface area contributed by atoms with Crippen LogP contribution in [-0.4, -0.2) is 4.98 Å². The lowest BCUT2D eigenvalue weighted by Crippen LogP contribution is -2.14. The zero-order chi connectivity index (χ0) is 10.1. The van der Waals surface area contributed by atoms with Gasteiger partial charge in [-0.15, -0.1) is 0 Å². The fourth-order valence-corrected chi connectivity index (χ4v) is 1.04. The first-order valence-electron chi connectivity index (χ1n) is 3.68. The number of nitrogens with two attached hydrogens (primary N) is 1. The zero-order valence-corrected chi connectivity index (χ0v) is 7.02. The van der Waals surface area contributed by atoms with Gasteiger partial charge < -0.3 is 5.73 Å². The molecule has 0 aliphatic rings. The molecule has 1 aromatic rings. The van der Waals surface area contributed by atoms with Crippen molar-refractivity contribution in [3.05, 3.63) is 29.1 Å². The van der Waals surface area contributed by atoms with Crippen LogP contribution in [-0.2, 0) is 12.7 Å². The van der Waals surface area contributed by atoms with Gasteiger partial charge in [0.1, 0.15) is 5.69 Å². The van der Waals surface area contributed by atoms with Crippen molar-refractivity contribution in [3.63, 3.8) is 0 Å². The Morgan fingerprint density at radius 2 is 2.08 bits per heavy atom. The molecule has 0 fully saturated rings. The van der Waals surface area contributed by atoms with Crippen LogP contribution < -0.4 is 5.73 Å². The molecule has 5 heteroatoms. The van der Waals surface area contributed by atoms with Gasteiger partial charge in [-0.25, -0.2) is 0 Å². The van der Waals surface area contributed by atoms with Gasteiger partial charge in [-0.05, 0) is 18.1 Å². The van der Waals surface area contributed by atoms with Crippen molar-refractivity contribution < 1.29 is 13.2 Å². The van der Waals surface area contributed by atoms with Gasteiger partial charge in [0, 0.05) is 12.7 Å². The van der Waals surface area contributed by atoms with E-state index in [4.69, 9.17) is 5.73 Å². The minimum Gasteiger partial charge on any atom is -0.326 e. The second-order valence-electron chi connectivity index (χ2n) is 2.72. The van der Waals surface area contributed by atoms with Gasteiger partial charge in [-0.2, -0.15) is 13.2 Å². The van der Waals surface area contributed by atoms with Gasteiger partial charge in [-0.3, -0.25) is 4.98 Å². The van der Waals surface area contributed by atoms with E-state index in [1.54, 1.807) is 6.92 Å². The summed E-state index contributed by atoms with van der Waals surface area (Å²) in [5, 5.41) is 0. The molecule has 1 heterocycles. The highest BCUT2D eigenvalue weighted by molar-refractivity contribution is 5.26. The molecule has 2 nitrogen and oxygen atoms in total. The lowest BCUT2D eigenvalue weighted by atomic mass is 10.1. The molecule has 0 saturated carbocycles. The van der Waals surface area contributed by atoms with Gasteiger partial charge in [0.15, 0.2) is 0 Å². The number of aryl methyl sites for hydroxylation is 1. The highest BCUT2D eigenvalue weighted by atomic mass is 19.4. The quantitative estimate of drug-likeness (QED) is 0.734. The maximum atomic E-state index is 12.2. The normalized spacial score (nSPS) is 11.8. The van der Waals surface area contributed by atoms with Crippen LogP contribution in [0.15, 0.2) is 12.3 Å². The summed E-state index contributed by atoms with van der Waals surface area (Å²) in [5.74, 6) is 0. The van der Waals surface area contributed by atoms with Gasteiger partial charge in [-0.1, -0.05) is 6.07 Å². The number of hydrogen-bond acceptors (Lipinski definition) is 2. The number of hydrogen-bond donors (Lipinski definition) is 1. The second kappa shape index (κ2) is 3.33. The van der Waals surface area contributed by atoms with E-state index in [1.165, 1.54) is 12.3 Å². The van der Waals surface area contributed by atoms with Crippen LogP contribution in [0.4, 0.5) is 13.2 Å². The highest BCUT2D eigenvalue weighted by Gasteiger charge is 2.34. The molecule has 0 atom stereocenters. The van der Waals surface area contributed by atoms with E-state index in [0.29, 0.717) is 5.56 Å². The molecule has 0 bridgehead atoms. The Kier molecular flexibility index (Phi) is 2.56. The van der Waals surface area contributed by atoms with Gasteiger partial charge in [0.05, 0.1) is 0 Å². The molecular weight excluding hydrogens is 181 g/mol. The molecule has 72 valence electrons. The molecule has 1 rings (SSSR count). The van der Waals surface area contributed by atoms with Crippen molar-refractivity contribution in [2.75, 3.05) is 0 Å². The summed E-state index contributed by atoms with van der Waals surface area (Å²) in [6.45, 7) is 1.52. The molecule has 0 aromatic carbocycles. The van der Waals surface area contributed by atoms with Crippen LogP contribution in [0.1, 0.15) is 16.8 Å². The summed E-state index contributed by atoms with van der Waals surface area (Å²) >= 11 is 0. The lowest BCUT2D eigenvalue weighted by Gasteiger charge is -2.10. The first-order valence-corrected chi connectivity index (χ1v) is 3.68. The Morgan fingerprint density at radius 3 is 2.54 bits per heavy atom. The molecule has 0 spiro atoms. The number of aromatic nitrogens is 1. The summed E-state index contributed by atoms with van der Waals surface area (Å²) in [6, 6.07) is 1.40. The van der Waals surface area contributed by atoms with E-state index in [1.807, 2.05) is 0 Å². The Hall–Kier alpha value is -1.10. The number of pyridine rings is 1. The van der Waals surface area contributed by atoms with Crippen LogP contribution in [0, 0.1) is 6.92 Å². The molecule has 0 amide bonds. The molecular formula is C8H9F3N2. The van der Waals surface area contributed by atoms with Crippen molar-refractivity contribution in [1.29, 1.82) is 0 Å². The fourth-order valence-electron chi connectivity index (χ4n) is 1.04. The summed E-state index contributed by atoms with van der Waals surface area (Å²) in [4.78, 5) is 3.32. The Bertz CT molecular complexity index is 307. The van der Waals surface area contributed by atoms with Gasteiger partial charge >= 0.3 is 6.18 Å². The number of nitrogens with zero attached hydrogens (tertiary/aromatic N) is 1. The van der Waals surface area contributed by atoms with E-state index >= 15 is 0 Å². The van der Waals surface area contributed by atoms with Gasteiger partial charge in [0.25, 0.3) is 0 Å². The van der Waals surface area contributed by atoms with E-state index < -0.39 is 11.9 Å². The maximum absolute atomic E-state index is 12.2. The lowest BCUT2D eigenvalue weighted by molar-refractivity contribution is -0.141. The van der Waals surface area contributed by atoms with E-state index in [2.05, 4.69) is 4.98 Å². The van der Waals surface area contributed by atoms with Crippen LogP contribution in [0.5, 0.6) is 0 Å². The average molecular weight is 190 g/mol. The molecule has 0 saturated heterocycles. The number of alkyl halides is 3. The molecule has 13 heavy (non-hydrogen) atoms. The maximum Gasteiger partial charge on any atom is 0.433 e. The van der Waals surface area contributed by atoms with Crippen LogP contribution in [0.2, 0.25) is 0 Å². The Labute approximate surface area is 73.6 Å². The third-order valence-corrected chi connectivity index (χ3v) is 1.59. The summed E-state index contributed by atoms with van der Waals surface area (Å²) < 4.78 is 36.7. The first-order chi connectivity index (χ1) is 5.95. The third-order valence-electron chi connectivity index (χ3n) is 1.59. The fraction of sp³-hybridized carbons (Fsp3) is 0.375. The van der Waals surface area contributed by atoms with E-state index in [0.717, 1.165) is 0 Å². The topological polar surface area (TPSA) is 38.9 Å². The van der Waals surface area contributed by atoms with Crippen molar-refractivity contribution in [2.45, 2.75) is 19.6 Å². The first kappa shape index (κ1) is 9.98. The Morgan fingerprint density at radius 1 is 1.46 bits per heavy atom. The van der Waals surface area contributed by atoms with Crippen LogP contribution in [0.25, 0.3) is 0 Å². The van der Waals surface area contributed by atoms with Crippen molar-refractivity contribution in [3.8, 4) is 0 Å². The number of rotatable bonds is 1. The summed E-state index contributed by atoms with van der Waals surface area (Å²) in [7, 11) is 0. The second-order valence-corrected chi connectivity index (χ2v) is 2.72. The van der Waals surface area contributed by atoms with Crippen LogP contribution in [0.3, 0.4) is 0 Å². The summed E-state index contributed by atoms with van der Waals surface area (Å²) in [6.07, 6.45) is -3.23. The number of halogens is 3. The van der Waals surface area contributed by atoms with Crippen molar-refractivity contribution in [2.24, 2.45) is 5.73 Å². The summed E-state index contributed by atoms with van der Waals surface area (Å²) in [5.41, 5.74) is 5.00. The molecule has 0 unspecified atom stereocenters. The predicted molar refractivity (Wildman–Crippen MR) is 41.9 cm³/mol. The third kappa shape index (κ3) is 2.18. The monoisotopic (exact) mass is 190 g/mol. The van der Waals surface area contributed by atoms with Crippen molar-refractivity contribution >= 4 is 0 Å². The van der Waals surface area contributed by atoms with E-state index in [-0.39, 0.29) is 12.1 Å². The van der Waals surface area contributed by atoms with Crippen LogP contribution >= 0.6 is 0 Å². The minimum atomic E-state index is -4.41. The smallest absolute Gasteiger partial charge is 0.326 e. The molecule has 0 aliphatic carbocycles. The van der Waals surface area contributed by atoms with Gasteiger partial charge in [0.2, 0.25) is 0 Å². The minimum absolute atomic E-state index is 0.0347. The zero-order valence-electron chi connectivity index (χ0n) is 7.02.